The minimum Gasteiger partial charge on any atom is -0.355 e. The van der Waals surface area contributed by atoms with Gasteiger partial charge in [0.25, 0.3) is 0 Å². The van der Waals surface area contributed by atoms with Crippen LogP contribution in [0.3, 0.4) is 0 Å². The number of pyridine rings is 1. The number of nitrogens with one attached hydrogen (secondary N) is 1. The Morgan fingerprint density at radius 2 is 1.95 bits per heavy atom. The molecule has 0 bridgehead atoms. The standard InChI is InChI=1S/C17H30N4/c1-5-8-21(10-9-20(3)4)17-12-15(11-14(2)19-17)13-18-16-6-7-16/h11-12,16,18H,5-10,13H2,1-4H3. The highest BCUT2D eigenvalue weighted by atomic mass is 15.2. The van der Waals surface area contributed by atoms with Crippen LogP contribution in [0.5, 0.6) is 0 Å². The van der Waals surface area contributed by atoms with Crippen molar-refractivity contribution in [3.63, 3.8) is 0 Å². The monoisotopic (exact) mass is 290 g/mol. The van der Waals surface area contributed by atoms with Gasteiger partial charge in [-0.3, -0.25) is 0 Å². The van der Waals surface area contributed by atoms with Crippen LogP contribution in [0.1, 0.15) is 37.4 Å². The van der Waals surface area contributed by atoms with Crippen LogP contribution in [0.2, 0.25) is 0 Å². The predicted octanol–water partition coefficient (Wildman–Crippen LogP) is 2.42. The zero-order valence-corrected chi connectivity index (χ0v) is 14.0. The Balaban J connectivity index is 2.05. The first-order chi connectivity index (χ1) is 10.1. The lowest BCUT2D eigenvalue weighted by atomic mass is 10.2. The van der Waals surface area contributed by atoms with Crippen molar-refractivity contribution in [2.24, 2.45) is 0 Å². The van der Waals surface area contributed by atoms with Crippen LogP contribution in [-0.2, 0) is 6.54 Å². The maximum absolute atomic E-state index is 4.75. The minimum atomic E-state index is 0.752. The van der Waals surface area contributed by atoms with E-state index in [9.17, 15) is 0 Å². The van der Waals surface area contributed by atoms with Gasteiger partial charge in [0.1, 0.15) is 5.82 Å². The van der Waals surface area contributed by atoms with E-state index in [-0.39, 0.29) is 0 Å². The predicted molar refractivity (Wildman–Crippen MR) is 89.9 cm³/mol. The van der Waals surface area contributed by atoms with Gasteiger partial charge >= 0.3 is 0 Å². The Morgan fingerprint density at radius 3 is 2.57 bits per heavy atom. The SMILES string of the molecule is CCCN(CCN(C)C)c1cc(CNC2CC2)cc(C)n1. The van der Waals surface area contributed by atoms with Crippen molar-refractivity contribution in [1.82, 2.24) is 15.2 Å². The van der Waals surface area contributed by atoms with E-state index in [1.54, 1.807) is 0 Å². The molecule has 1 heterocycles. The number of aryl methyl sites for hydroxylation is 1. The molecule has 1 aliphatic carbocycles. The Labute approximate surface area is 129 Å². The summed E-state index contributed by atoms with van der Waals surface area (Å²) in [5.74, 6) is 1.13. The van der Waals surface area contributed by atoms with Gasteiger partial charge in [0.05, 0.1) is 0 Å². The van der Waals surface area contributed by atoms with Crippen molar-refractivity contribution in [2.45, 2.75) is 45.7 Å². The number of nitrogens with zero attached hydrogens (tertiary/aromatic N) is 3. The molecule has 1 fully saturated rings. The molecule has 2 rings (SSSR count). The molecule has 1 aromatic heterocycles. The molecule has 0 aromatic carbocycles. The van der Waals surface area contributed by atoms with Gasteiger partial charge < -0.3 is 15.1 Å². The van der Waals surface area contributed by atoms with E-state index in [0.717, 1.165) is 50.2 Å². The summed E-state index contributed by atoms with van der Waals surface area (Å²) < 4.78 is 0. The first-order valence-electron chi connectivity index (χ1n) is 8.19. The lowest BCUT2D eigenvalue weighted by Crippen LogP contribution is -2.33. The molecule has 1 saturated carbocycles. The summed E-state index contributed by atoms with van der Waals surface area (Å²) in [5.41, 5.74) is 2.47. The average molecular weight is 290 g/mol. The molecular formula is C17H30N4. The summed E-state index contributed by atoms with van der Waals surface area (Å²) in [5, 5.41) is 3.59. The van der Waals surface area contributed by atoms with Gasteiger partial charge in [0.15, 0.2) is 0 Å². The summed E-state index contributed by atoms with van der Waals surface area (Å²) in [6.45, 7) is 8.46. The largest absolute Gasteiger partial charge is 0.355 e. The normalized spacial score (nSPS) is 14.7. The van der Waals surface area contributed by atoms with Gasteiger partial charge in [-0.1, -0.05) is 6.92 Å². The van der Waals surface area contributed by atoms with Crippen LogP contribution < -0.4 is 10.2 Å². The zero-order valence-electron chi connectivity index (χ0n) is 14.0. The average Bonchev–Trinajstić information content (AvgIpc) is 3.24. The zero-order chi connectivity index (χ0) is 15.2. The van der Waals surface area contributed by atoms with Gasteiger partial charge in [0.2, 0.25) is 0 Å². The molecule has 0 spiro atoms. The second-order valence-electron chi connectivity index (χ2n) is 6.42. The summed E-state index contributed by atoms with van der Waals surface area (Å²) in [6, 6.07) is 5.21. The fourth-order valence-electron chi connectivity index (χ4n) is 2.47. The van der Waals surface area contributed by atoms with Crippen LogP contribution in [-0.4, -0.2) is 49.7 Å². The molecule has 4 nitrogen and oxygen atoms in total. The summed E-state index contributed by atoms with van der Waals surface area (Å²) in [7, 11) is 4.25. The van der Waals surface area contributed by atoms with Crippen LogP contribution >= 0.6 is 0 Å². The fraction of sp³-hybridized carbons (Fsp3) is 0.706. The topological polar surface area (TPSA) is 31.4 Å². The van der Waals surface area contributed by atoms with Crippen molar-refractivity contribution >= 4 is 5.82 Å². The van der Waals surface area contributed by atoms with Crippen molar-refractivity contribution in [3.8, 4) is 0 Å². The molecule has 1 aromatic rings. The summed E-state index contributed by atoms with van der Waals surface area (Å²) >= 11 is 0. The van der Waals surface area contributed by atoms with Crippen molar-refractivity contribution in [1.29, 1.82) is 0 Å². The van der Waals surface area contributed by atoms with E-state index in [0.29, 0.717) is 0 Å². The number of aromatic nitrogens is 1. The van der Waals surface area contributed by atoms with Crippen molar-refractivity contribution in [2.75, 3.05) is 38.6 Å². The molecule has 0 radical (unpaired) electrons. The smallest absolute Gasteiger partial charge is 0.129 e. The first-order valence-corrected chi connectivity index (χ1v) is 8.19. The minimum absolute atomic E-state index is 0.752. The van der Waals surface area contributed by atoms with E-state index >= 15 is 0 Å². The molecule has 0 saturated heterocycles. The fourth-order valence-corrected chi connectivity index (χ4v) is 2.47. The van der Waals surface area contributed by atoms with Gasteiger partial charge in [-0.15, -0.1) is 0 Å². The van der Waals surface area contributed by atoms with E-state index in [1.165, 1.54) is 18.4 Å². The Kier molecular flexibility index (Phi) is 6.00. The lowest BCUT2D eigenvalue weighted by Gasteiger charge is -2.25. The molecule has 0 amide bonds. The molecule has 0 aliphatic heterocycles. The number of hydrogen-bond donors (Lipinski definition) is 1. The molecule has 4 heteroatoms. The molecule has 1 N–H and O–H groups in total. The second kappa shape index (κ2) is 7.76. The van der Waals surface area contributed by atoms with E-state index < -0.39 is 0 Å². The number of likely N-dealkylation sites (N-methyl/N-ethyl adjacent to an activating group) is 1. The third kappa shape index (κ3) is 5.64. The Hall–Kier alpha value is -1.13. The molecule has 118 valence electrons. The van der Waals surface area contributed by atoms with E-state index in [1.807, 2.05) is 0 Å². The number of hydrogen-bond acceptors (Lipinski definition) is 4. The van der Waals surface area contributed by atoms with Crippen molar-refractivity contribution in [3.05, 3.63) is 23.4 Å². The van der Waals surface area contributed by atoms with Crippen LogP contribution in [0.15, 0.2) is 12.1 Å². The quantitative estimate of drug-likeness (QED) is 0.757. The molecule has 0 unspecified atom stereocenters. The summed E-state index contributed by atoms with van der Waals surface area (Å²) in [6.07, 6.45) is 3.82. The third-order valence-electron chi connectivity index (χ3n) is 3.81. The van der Waals surface area contributed by atoms with Gasteiger partial charge in [-0.2, -0.15) is 0 Å². The maximum atomic E-state index is 4.75. The lowest BCUT2D eigenvalue weighted by molar-refractivity contribution is 0.412. The number of anilines is 1. The summed E-state index contributed by atoms with van der Waals surface area (Å²) in [4.78, 5) is 9.39. The van der Waals surface area contributed by atoms with Crippen LogP contribution in [0, 0.1) is 6.92 Å². The molecule has 0 atom stereocenters. The highest BCUT2D eigenvalue weighted by Gasteiger charge is 2.20. The third-order valence-corrected chi connectivity index (χ3v) is 3.81. The van der Waals surface area contributed by atoms with Crippen LogP contribution in [0.4, 0.5) is 5.82 Å². The highest BCUT2D eigenvalue weighted by molar-refractivity contribution is 5.42. The highest BCUT2D eigenvalue weighted by Crippen LogP contribution is 2.20. The van der Waals surface area contributed by atoms with Crippen molar-refractivity contribution < 1.29 is 0 Å². The first kappa shape index (κ1) is 16.2. The van der Waals surface area contributed by atoms with Gasteiger partial charge in [0, 0.05) is 37.9 Å². The molecule has 1 aliphatic rings. The van der Waals surface area contributed by atoms with Gasteiger partial charge in [-0.25, -0.2) is 4.98 Å². The van der Waals surface area contributed by atoms with Crippen LogP contribution in [0.25, 0.3) is 0 Å². The molecule has 21 heavy (non-hydrogen) atoms. The Morgan fingerprint density at radius 1 is 1.19 bits per heavy atom. The Bertz CT molecular complexity index is 440. The second-order valence-corrected chi connectivity index (χ2v) is 6.42. The van der Waals surface area contributed by atoms with E-state index in [4.69, 9.17) is 4.98 Å². The molecular weight excluding hydrogens is 260 g/mol. The number of rotatable bonds is 9. The van der Waals surface area contributed by atoms with Gasteiger partial charge in [-0.05, 0) is 58.0 Å². The van der Waals surface area contributed by atoms with E-state index in [2.05, 4.69) is 55.2 Å². The maximum Gasteiger partial charge on any atom is 0.129 e.